The van der Waals surface area contributed by atoms with E-state index in [9.17, 15) is 36.3 Å². The lowest BCUT2D eigenvalue weighted by Gasteiger charge is -2.26. The first-order valence-corrected chi connectivity index (χ1v) is 19.0. The second-order valence-corrected chi connectivity index (χ2v) is 15.5. The molecule has 1 unspecified atom stereocenters. The number of halogens is 3. The maximum atomic E-state index is 13.9. The standard InChI is InChI=1S/C36H39F3N4O5S2/c1-50(47,48)23-41-29-19-26(18-27(20-29)35(46)43-14-6-12-31(43)33-13-7-15-49-33)34(45)42-30(17-24-8-3-2-4-9-24)32(44)22-40-21-25-10-5-11-28(16-25)36(37,38)39/h2-5,7-11,13,15-16,18-20,30-32,40-41,44H,6,12,14,17,21-23H2,1H3,(H,42,45)/t30-,31?,32+/m0/s1. The number of anilines is 1. The van der Waals surface area contributed by atoms with E-state index in [1.807, 2.05) is 47.8 Å². The molecule has 1 saturated heterocycles. The fraction of sp³-hybridized carbons (Fsp3) is 0.333. The van der Waals surface area contributed by atoms with Gasteiger partial charge in [-0.2, -0.15) is 13.2 Å². The van der Waals surface area contributed by atoms with Crippen LogP contribution in [0.1, 0.15) is 61.2 Å². The first-order valence-electron chi connectivity index (χ1n) is 16.1. The van der Waals surface area contributed by atoms with E-state index >= 15 is 0 Å². The highest BCUT2D eigenvalue weighted by atomic mass is 32.2. The van der Waals surface area contributed by atoms with E-state index in [1.165, 1.54) is 24.3 Å². The number of thiophene rings is 1. The van der Waals surface area contributed by atoms with Crippen molar-refractivity contribution in [2.75, 3.05) is 30.5 Å². The Bertz CT molecular complexity index is 1870. The van der Waals surface area contributed by atoms with Gasteiger partial charge in [0.05, 0.1) is 23.8 Å². The van der Waals surface area contributed by atoms with E-state index in [0.717, 1.165) is 41.7 Å². The summed E-state index contributed by atoms with van der Waals surface area (Å²) in [5, 5.41) is 21.9. The van der Waals surface area contributed by atoms with Crippen LogP contribution in [0.25, 0.3) is 0 Å². The zero-order valence-electron chi connectivity index (χ0n) is 27.3. The summed E-state index contributed by atoms with van der Waals surface area (Å²) in [6.07, 6.45) is -2.74. The number of likely N-dealkylation sites (tertiary alicyclic amines) is 1. The number of nitrogens with zero attached hydrogens (tertiary/aromatic N) is 1. The quantitative estimate of drug-likeness (QED) is 0.132. The van der Waals surface area contributed by atoms with Crippen molar-refractivity contribution in [3.8, 4) is 0 Å². The van der Waals surface area contributed by atoms with E-state index in [-0.39, 0.29) is 48.3 Å². The summed E-state index contributed by atoms with van der Waals surface area (Å²) >= 11 is 1.56. The summed E-state index contributed by atoms with van der Waals surface area (Å²) in [4.78, 5) is 30.6. The third-order valence-electron chi connectivity index (χ3n) is 8.38. The monoisotopic (exact) mass is 728 g/mol. The van der Waals surface area contributed by atoms with Crippen LogP contribution < -0.4 is 16.0 Å². The molecular weight excluding hydrogens is 690 g/mol. The number of aliphatic hydroxyl groups excluding tert-OH is 1. The Morgan fingerprint density at radius 2 is 1.72 bits per heavy atom. The molecule has 2 heterocycles. The number of hydrogen-bond acceptors (Lipinski definition) is 8. The number of nitrogens with one attached hydrogen (secondary N) is 3. The molecule has 1 fully saturated rings. The largest absolute Gasteiger partial charge is 0.416 e. The van der Waals surface area contributed by atoms with Crippen LogP contribution in [0.15, 0.2) is 90.3 Å². The zero-order valence-corrected chi connectivity index (χ0v) is 29.0. The molecule has 1 aliphatic heterocycles. The summed E-state index contributed by atoms with van der Waals surface area (Å²) in [6, 6.07) is 21.5. The minimum Gasteiger partial charge on any atom is -0.390 e. The van der Waals surface area contributed by atoms with Crippen LogP contribution in [-0.4, -0.2) is 67.6 Å². The predicted octanol–water partition coefficient (Wildman–Crippen LogP) is 5.65. The normalized spacial score (nSPS) is 16.2. The van der Waals surface area contributed by atoms with Gasteiger partial charge in [0.2, 0.25) is 0 Å². The maximum absolute atomic E-state index is 13.9. The lowest BCUT2D eigenvalue weighted by molar-refractivity contribution is -0.137. The summed E-state index contributed by atoms with van der Waals surface area (Å²) < 4.78 is 63.5. The fourth-order valence-electron chi connectivity index (χ4n) is 5.92. The number of sulfone groups is 1. The highest BCUT2D eigenvalue weighted by Crippen LogP contribution is 2.36. The van der Waals surface area contributed by atoms with Crippen LogP contribution in [0.5, 0.6) is 0 Å². The van der Waals surface area contributed by atoms with E-state index in [2.05, 4.69) is 16.0 Å². The highest BCUT2D eigenvalue weighted by Gasteiger charge is 2.33. The molecule has 3 aromatic carbocycles. The van der Waals surface area contributed by atoms with Crippen LogP contribution in [0.3, 0.4) is 0 Å². The molecule has 266 valence electrons. The minimum atomic E-state index is -4.48. The van der Waals surface area contributed by atoms with Crippen molar-refractivity contribution in [3.63, 3.8) is 0 Å². The molecule has 4 N–H and O–H groups in total. The van der Waals surface area contributed by atoms with Crippen molar-refractivity contribution in [3.05, 3.63) is 123 Å². The molecule has 0 saturated carbocycles. The van der Waals surface area contributed by atoms with Crippen LogP contribution >= 0.6 is 11.3 Å². The molecule has 5 rings (SSSR count). The molecular formula is C36H39F3N4O5S2. The number of alkyl halides is 3. The van der Waals surface area contributed by atoms with Crippen LogP contribution in [-0.2, 0) is 29.0 Å². The third kappa shape index (κ3) is 10.2. The Labute approximate surface area is 293 Å². The van der Waals surface area contributed by atoms with Crippen molar-refractivity contribution in [2.45, 2.75) is 50.2 Å². The average Bonchev–Trinajstić information content (AvgIpc) is 3.79. The highest BCUT2D eigenvalue weighted by molar-refractivity contribution is 7.90. The summed E-state index contributed by atoms with van der Waals surface area (Å²) in [5.74, 6) is -1.31. The minimum absolute atomic E-state index is 0.0488. The number of carbonyl (C=O) groups is 2. The lowest BCUT2D eigenvalue weighted by Crippen LogP contribution is -2.48. The third-order valence-corrected chi connectivity index (χ3v) is 10.0. The molecule has 14 heteroatoms. The van der Waals surface area contributed by atoms with Crippen molar-refractivity contribution in [1.82, 2.24) is 15.5 Å². The smallest absolute Gasteiger partial charge is 0.390 e. The molecule has 0 spiro atoms. The Hall–Kier alpha value is -4.24. The number of rotatable bonds is 14. The Balaban J connectivity index is 1.37. The van der Waals surface area contributed by atoms with E-state index in [4.69, 9.17) is 0 Å². The van der Waals surface area contributed by atoms with Gasteiger partial charge in [-0.3, -0.25) is 9.59 Å². The molecule has 4 aromatic rings. The summed E-state index contributed by atoms with van der Waals surface area (Å²) in [6.45, 7) is 0.533. The molecule has 0 aliphatic carbocycles. The van der Waals surface area contributed by atoms with Gasteiger partial charge in [-0.1, -0.05) is 54.6 Å². The predicted molar refractivity (Wildman–Crippen MR) is 188 cm³/mol. The van der Waals surface area contributed by atoms with Gasteiger partial charge in [0.15, 0.2) is 9.84 Å². The van der Waals surface area contributed by atoms with E-state index in [1.54, 1.807) is 22.3 Å². The summed E-state index contributed by atoms with van der Waals surface area (Å²) in [7, 11) is -3.45. The molecule has 1 aromatic heterocycles. The number of hydrogen-bond donors (Lipinski definition) is 4. The number of benzene rings is 3. The molecule has 3 atom stereocenters. The van der Waals surface area contributed by atoms with E-state index in [0.29, 0.717) is 12.1 Å². The molecule has 50 heavy (non-hydrogen) atoms. The average molecular weight is 729 g/mol. The van der Waals surface area contributed by atoms with Crippen molar-refractivity contribution < 1.29 is 36.3 Å². The second kappa shape index (κ2) is 16.2. The number of carbonyl (C=O) groups excluding carboxylic acids is 2. The van der Waals surface area contributed by atoms with Gasteiger partial charge in [-0.05, 0) is 66.1 Å². The Kier molecular flexibility index (Phi) is 12.0. The van der Waals surface area contributed by atoms with Crippen LogP contribution in [0.2, 0.25) is 0 Å². The second-order valence-electron chi connectivity index (χ2n) is 12.4. The van der Waals surface area contributed by atoms with Crippen molar-refractivity contribution in [1.29, 1.82) is 0 Å². The molecule has 0 bridgehead atoms. The lowest BCUT2D eigenvalue weighted by atomic mass is 9.99. The SMILES string of the molecule is CS(=O)(=O)CNc1cc(C(=O)N[C@@H](Cc2ccccc2)[C@H](O)CNCc2cccc(C(F)(F)F)c2)cc(C(=O)N2CCCC2c2cccs2)c1. The van der Waals surface area contributed by atoms with Crippen LogP contribution in [0.4, 0.5) is 18.9 Å². The zero-order chi connectivity index (χ0) is 35.9. The molecule has 9 nitrogen and oxygen atoms in total. The van der Waals surface area contributed by atoms with Gasteiger partial charge in [0, 0.05) is 47.6 Å². The van der Waals surface area contributed by atoms with Crippen molar-refractivity contribution in [2.24, 2.45) is 0 Å². The first-order chi connectivity index (χ1) is 23.8. The fourth-order valence-corrected chi connectivity index (χ4v) is 7.22. The number of amides is 2. The van der Waals surface area contributed by atoms with Crippen molar-refractivity contribution >= 4 is 38.7 Å². The van der Waals surface area contributed by atoms with Gasteiger partial charge in [-0.15, -0.1) is 11.3 Å². The van der Waals surface area contributed by atoms with Gasteiger partial charge in [0.1, 0.15) is 5.88 Å². The van der Waals surface area contributed by atoms with Gasteiger partial charge in [0.25, 0.3) is 11.8 Å². The topological polar surface area (TPSA) is 128 Å². The molecule has 2 amide bonds. The van der Waals surface area contributed by atoms with Gasteiger partial charge >= 0.3 is 6.18 Å². The summed E-state index contributed by atoms with van der Waals surface area (Å²) in [5.41, 5.74) is 0.986. The van der Waals surface area contributed by atoms with E-state index < -0.39 is 45.5 Å². The number of aliphatic hydroxyl groups is 1. The molecule has 0 radical (unpaired) electrons. The maximum Gasteiger partial charge on any atom is 0.416 e. The first kappa shape index (κ1) is 37.0. The molecule has 1 aliphatic rings. The van der Waals surface area contributed by atoms with Crippen LogP contribution in [0, 0.1) is 0 Å². The Morgan fingerprint density at radius 1 is 0.980 bits per heavy atom. The Morgan fingerprint density at radius 3 is 2.42 bits per heavy atom. The van der Waals surface area contributed by atoms with Gasteiger partial charge in [-0.25, -0.2) is 8.42 Å². The van der Waals surface area contributed by atoms with Gasteiger partial charge < -0.3 is 26.0 Å².